The average molecular weight is 557 g/mol. The lowest BCUT2D eigenvalue weighted by atomic mass is 10.0. The van der Waals surface area contributed by atoms with Crippen molar-refractivity contribution >= 4 is 0 Å². The third kappa shape index (κ3) is 14.7. The van der Waals surface area contributed by atoms with Gasteiger partial charge in [0, 0.05) is 0 Å². The highest BCUT2D eigenvalue weighted by molar-refractivity contribution is 5.30. The zero-order chi connectivity index (χ0) is 30.9. The van der Waals surface area contributed by atoms with E-state index in [2.05, 4.69) is 130 Å². The molecule has 0 aliphatic rings. The van der Waals surface area contributed by atoms with E-state index >= 15 is 0 Å². The summed E-state index contributed by atoms with van der Waals surface area (Å²) < 4.78 is 17.6. The van der Waals surface area contributed by atoms with Crippen molar-refractivity contribution in [1.82, 2.24) is 0 Å². The first kappa shape index (κ1) is 35.6. The van der Waals surface area contributed by atoms with Gasteiger partial charge in [-0.3, -0.25) is 0 Å². The standard InChI is InChI=1S/C10H14O.2C10H14.C9H11F/c1-8(2)9-5-4-6-10(7-9)11-3;2*1-8(2)10-6-4-5-9(3)7-10;1-7(2)8-4-3-5-9(10)6-8/h4-8H,1-3H3;2*4-8H,1-3H3;3-7H,1-2H3. The van der Waals surface area contributed by atoms with Crippen molar-refractivity contribution in [2.75, 3.05) is 7.11 Å². The Morgan fingerprint density at radius 1 is 0.463 bits per heavy atom. The summed E-state index contributed by atoms with van der Waals surface area (Å²) in [5.41, 5.74) is 7.95. The molecule has 0 atom stereocenters. The summed E-state index contributed by atoms with van der Waals surface area (Å²) >= 11 is 0. The highest BCUT2D eigenvalue weighted by Crippen LogP contribution is 2.19. The molecule has 0 unspecified atom stereocenters. The molecule has 4 aromatic rings. The van der Waals surface area contributed by atoms with Gasteiger partial charge in [-0.15, -0.1) is 0 Å². The summed E-state index contributed by atoms with van der Waals surface area (Å²) in [6, 6.07) is 32.2. The van der Waals surface area contributed by atoms with E-state index in [1.807, 2.05) is 18.2 Å². The SMILES string of the molecule is CC(C)c1cccc(F)c1.COc1cccc(C(C)C)c1.Cc1cccc(C(C)C)c1.Cc1cccc(C(C)C)c1. The Balaban J connectivity index is 0.000000274. The first-order valence-corrected chi connectivity index (χ1v) is 14.9. The van der Waals surface area contributed by atoms with Crippen LogP contribution in [0.4, 0.5) is 4.39 Å². The van der Waals surface area contributed by atoms with Gasteiger partial charge in [-0.25, -0.2) is 4.39 Å². The zero-order valence-electron chi connectivity index (χ0n) is 27.3. The van der Waals surface area contributed by atoms with Crippen LogP contribution in [-0.2, 0) is 0 Å². The summed E-state index contributed by atoms with van der Waals surface area (Å²) in [4.78, 5) is 0. The van der Waals surface area contributed by atoms with Crippen LogP contribution in [0.5, 0.6) is 5.75 Å². The second kappa shape index (κ2) is 18.9. The maximum absolute atomic E-state index is 12.5. The van der Waals surface area contributed by atoms with E-state index in [9.17, 15) is 4.39 Å². The monoisotopic (exact) mass is 556 g/mol. The van der Waals surface area contributed by atoms with Crippen LogP contribution in [0.1, 0.15) is 112 Å². The summed E-state index contributed by atoms with van der Waals surface area (Å²) in [7, 11) is 1.69. The van der Waals surface area contributed by atoms with Crippen molar-refractivity contribution in [1.29, 1.82) is 0 Å². The third-order valence-electron chi connectivity index (χ3n) is 6.69. The van der Waals surface area contributed by atoms with Gasteiger partial charge < -0.3 is 4.74 Å². The second-order valence-electron chi connectivity index (χ2n) is 11.8. The highest BCUT2D eigenvalue weighted by Gasteiger charge is 2.00. The molecular formula is C39H53FO. The van der Waals surface area contributed by atoms with Crippen LogP contribution in [0.15, 0.2) is 97.1 Å². The average Bonchev–Trinajstić information content (AvgIpc) is 2.94. The lowest BCUT2D eigenvalue weighted by Gasteiger charge is -2.06. The number of aryl methyl sites for hydroxylation is 2. The van der Waals surface area contributed by atoms with E-state index in [0.717, 1.165) is 11.3 Å². The molecule has 0 aromatic heterocycles. The van der Waals surface area contributed by atoms with Gasteiger partial charge in [0.25, 0.3) is 0 Å². The minimum Gasteiger partial charge on any atom is -0.497 e. The Bertz CT molecular complexity index is 1150. The Kier molecular flexibility index (Phi) is 16.4. The lowest BCUT2D eigenvalue weighted by molar-refractivity contribution is 0.414. The minimum atomic E-state index is -0.147. The van der Waals surface area contributed by atoms with Crippen molar-refractivity contribution in [3.8, 4) is 5.75 Å². The molecule has 0 spiro atoms. The third-order valence-corrected chi connectivity index (χ3v) is 6.69. The number of rotatable bonds is 5. The summed E-state index contributed by atoms with van der Waals surface area (Å²) in [6.07, 6.45) is 0. The fourth-order valence-corrected chi connectivity index (χ4v) is 3.92. The van der Waals surface area contributed by atoms with Crippen molar-refractivity contribution in [3.05, 3.63) is 136 Å². The van der Waals surface area contributed by atoms with Gasteiger partial charge in [0.15, 0.2) is 0 Å². The van der Waals surface area contributed by atoms with Crippen LogP contribution < -0.4 is 4.74 Å². The molecule has 2 heteroatoms. The molecule has 0 radical (unpaired) electrons. The highest BCUT2D eigenvalue weighted by atomic mass is 19.1. The normalized spacial score (nSPS) is 10.3. The Labute approximate surface area is 250 Å². The van der Waals surface area contributed by atoms with E-state index in [4.69, 9.17) is 4.74 Å². The van der Waals surface area contributed by atoms with Gasteiger partial charge >= 0.3 is 0 Å². The van der Waals surface area contributed by atoms with E-state index in [1.165, 1.54) is 33.9 Å². The number of benzene rings is 4. The molecule has 0 saturated heterocycles. The molecule has 0 N–H and O–H groups in total. The first-order chi connectivity index (χ1) is 19.3. The van der Waals surface area contributed by atoms with Crippen LogP contribution in [0.25, 0.3) is 0 Å². The molecule has 0 bridgehead atoms. The number of hydrogen-bond donors (Lipinski definition) is 0. The molecule has 0 heterocycles. The largest absolute Gasteiger partial charge is 0.497 e. The maximum atomic E-state index is 12.5. The fourth-order valence-electron chi connectivity index (χ4n) is 3.92. The van der Waals surface area contributed by atoms with Crippen LogP contribution in [0.2, 0.25) is 0 Å². The Hall–Kier alpha value is -3.39. The molecule has 0 amide bonds. The fraction of sp³-hybridized carbons (Fsp3) is 0.385. The molecular weight excluding hydrogens is 503 g/mol. The van der Waals surface area contributed by atoms with Crippen LogP contribution >= 0.6 is 0 Å². The van der Waals surface area contributed by atoms with Crippen LogP contribution in [0.3, 0.4) is 0 Å². The van der Waals surface area contributed by atoms with Gasteiger partial charge in [-0.05, 0) is 84.0 Å². The molecule has 0 aliphatic carbocycles. The van der Waals surface area contributed by atoms with Crippen molar-refractivity contribution in [2.24, 2.45) is 0 Å². The van der Waals surface area contributed by atoms with Crippen molar-refractivity contribution < 1.29 is 9.13 Å². The predicted molar refractivity (Wildman–Crippen MR) is 178 cm³/mol. The minimum absolute atomic E-state index is 0.147. The van der Waals surface area contributed by atoms with Crippen LogP contribution in [-0.4, -0.2) is 7.11 Å². The number of hydrogen-bond acceptors (Lipinski definition) is 1. The molecule has 0 aliphatic heterocycles. The number of ether oxygens (including phenoxy) is 1. The zero-order valence-corrected chi connectivity index (χ0v) is 27.3. The maximum Gasteiger partial charge on any atom is 0.123 e. The molecule has 0 fully saturated rings. The van der Waals surface area contributed by atoms with Gasteiger partial charge in [-0.2, -0.15) is 0 Å². The van der Waals surface area contributed by atoms with E-state index in [1.54, 1.807) is 19.2 Å². The van der Waals surface area contributed by atoms with Crippen molar-refractivity contribution in [3.63, 3.8) is 0 Å². The van der Waals surface area contributed by atoms with Gasteiger partial charge in [0.2, 0.25) is 0 Å². The quantitative estimate of drug-likeness (QED) is 0.237. The first-order valence-electron chi connectivity index (χ1n) is 14.9. The summed E-state index contributed by atoms with van der Waals surface area (Å²) in [5, 5.41) is 0. The summed E-state index contributed by atoms with van der Waals surface area (Å²) in [6.45, 7) is 21.6. The predicted octanol–water partition coefficient (Wildman–Crippen LogP) is 12.0. The van der Waals surface area contributed by atoms with E-state index in [0.29, 0.717) is 23.7 Å². The van der Waals surface area contributed by atoms with E-state index in [-0.39, 0.29) is 5.82 Å². The van der Waals surface area contributed by atoms with E-state index < -0.39 is 0 Å². The van der Waals surface area contributed by atoms with Gasteiger partial charge in [-0.1, -0.05) is 139 Å². The molecule has 41 heavy (non-hydrogen) atoms. The van der Waals surface area contributed by atoms with Gasteiger partial charge in [0.1, 0.15) is 11.6 Å². The lowest BCUT2D eigenvalue weighted by Crippen LogP contribution is -1.88. The molecule has 0 saturated carbocycles. The molecule has 4 aromatic carbocycles. The van der Waals surface area contributed by atoms with Gasteiger partial charge in [0.05, 0.1) is 7.11 Å². The molecule has 4 rings (SSSR count). The number of methoxy groups -OCH3 is 1. The topological polar surface area (TPSA) is 9.23 Å². The number of halogens is 1. The molecule has 1 nitrogen and oxygen atoms in total. The van der Waals surface area contributed by atoms with Crippen molar-refractivity contribution in [2.45, 2.75) is 92.9 Å². The van der Waals surface area contributed by atoms with Crippen LogP contribution in [0, 0.1) is 19.7 Å². The second-order valence-corrected chi connectivity index (χ2v) is 11.8. The molecule has 222 valence electrons. The smallest absolute Gasteiger partial charge is 0.123 e. The summed E-state index contributed by atoms with van der Waals surface area (Å²) in [5.74, 6) is 3.09. The Morgan fingerprint density at radius 3 is 1.10 bits per heavy atom. The Morgan fingerprint density at radius 2 is 0.805 bits per heavy atom.